The van der Waals surface area contributed by atoms with Crippen molar-refractivity contribution in [3.8, 4) is 22.9 Å². The maximum atomic E-state index is 13.0. The van der Waals surface area contributed by atoms with Crippen molar-refractivity contribution < 1.29 is 13.9 Å². The molecular weight excluding hydrogens is 424 g/mol. The molecule has 1 amide bonds. The molecule has 0 fully saturated rings. The predicted octanol–water partition coefficient (Wildman–Crippen LogP) is 3.31. The summed E-state index contributed by atoms with van der Waals surface area (Å²) in [6.45, 7) is 2.03. The van der Waals surface area contributed by atoms with Crippen LogP contribution < -0.4 is 11.1 Å². The van der Waals surface area contributed by atoms with Crippen molar-refractivity contribution in [2.24, 2.45) is 0 Å². The van der Waals surface area contributed by atoms with Gasteiger partial charge in [-0.25, -0.2) is 9.61 Å². The van der Waals surface area contributed by atoms with E-state index in [2.05, 4.69) is 30.8 Å². The van der Waals surface area contributed by atoms with Crippen LogP contribution in [0.3, 0.4) is 0 Å². The zero-order chi connectivity index (χ0) is 22.8. The molecule has 0 unspecified atom stereocenters. The molecule has 166 valence electrons. The molecule has 2 aromatic carbocycles. The molecule has 0 aliphatic carbocycles. The number of amides is 1. The van der Waals surface area contributed by atoms with E-state index >= 15 is 0 Å². The Balaban J connectivity index is 1.40. The second-order valence-corrected chi connectivity index (χ2v) is 7.40. The van der Waals surface area contributed by atoms with Crippen LogP contribution >= 0.6 is 0 Å². The monoisotopic (exact) mass is 444 g/mol. The highest BCUT2D eigenvalue weighted by molar-refractivity contribution is 5.93. The average Bonchev–Trinajstić information content (AvgIpc) is 3.53. The Bertz CT molecular complexity index is 1430. The number of carbonyl (C=O) groups is 1. The Kier molecular flexibility index (Phi) is 5.27. The number of aromatic nitrogens is 6. The first-order valence-corrected chi connectivity index (χ1v) is 10.4. The summed E-state index contributed by atoms with van der Waals surface area (Å²) in [7, 11) is 0. The summed E-state index contributed by atoms with van der Waals surface area (Å²) in [6, 6.07) is 14.7. The van der Waals surface area contributed by atoms with Gasteiger partial charge in [0.05, 0.1) is 11.0 Å². The van der Waals surface area contributed by atoms with E-state index in [0.29, 0.717) is 28.7 Å². The molecule has 33 heavy (non-hydrogen) atoms. The van der Waals surface area contributed by atoms with E-state index in [9.17, 15) is 4.79 Å². The molecule has 11 heteroatoms. The number of hydrogen-bond donors (Lipinski definition) is 2. The highest BCUT2D eigenvalue weighted by Crippen LogP contribution is 2.27. The number of fused-ring (bicyclic) bond motifs is 1. The van der Waals surface area contributed by atoms with Gasteiger partial charge < -0.3 is 20.1 Å². The van der Waals surface area contributed by atoms with Crippen molar-refractivity contribution in [1.29, 1.82) is 0 Å². The Hall–Kier alpha value is -4.54. The van der Waals surface area contributed by atoms with Crippen LogP contribution in [0.15, 0.2) is 57.7 Å². The van der Waals surface area contributed by atoms with Crippen LogP contribution in [0, 0.1) is 0 Å². The fourth-order valence-corrected chi connectivity index (χ4v) is 3.53. The van der Waals surface area contributed by atoms with Crippen LogP contribution in [0.25, 0.3) is 33.9 Å². The summed E-state index contributed by atoms with van der Waals surface area (Å²) in [5.74, 6) is 1.30. The first-order chi connectivity index (χ1) is 16.1. The van der Waals surface area contributed by atoms with Gasteiger partial charge in [0.2, 0.25) is 17.6 Å². The molecule has 0 aliphatic heterocycles. The topological polar surface area (TPSA) is 151 Å². The zero-order valence-corrected chi connectivity index (χ0v) is 17.7. The van der Waals surface area contributed by atoms with Gasteiger partial charge in [-0.15, -0.1) is 0 Å². The Labute approximate surface area is 187 Å². The number of rotatable bonds is 7. The number of nitrogens with zero attached hydrogens (tertiary/aromatic N) is 6. The fourth-order valence-electron chi connectivity index (χ4n) is 3.53. The average molecular weight is 444 g/mol. The standard InChI is InChI=1S/C22H20N8O3/c1-2-6-18-26-21(29-32-18)13-7-5-8-14(11-13)24-17(31)12-30-16-10-4-3-9-15(16)25-22(30)19-20(23)28-33-27-19/h3-5,7-11H,2,6,12H2,1H3,(H2,23,28)(H,24,31). The molecule has 3 aromatic heterocycles. The van der Waals surface area contributed by atoms with Crippen LogP contribution in [-0.4, -0.2) is 35.9 Å². The van der Waals surface area contributed by atoms with Crippen LogP contribution in [0.1, 0.15) is 19.2 Å². The molecule has 0 aliphatic rings. The smallest absolute Gasteiger partial charge is 0.244 e. The lowest BCUT2D eigenvalue weighted by Crippen LogP contribution is -2.19. The van der Waals surface area contributed by atoms with Gasteiger partial charge in [-0.05, 0) is 41.0 Å². The van der Waals surface area contributed by atoms with Gasteiger partial charge in [0.15, 0.2) is 17.3 Å². The van der Waals surface area contributed by atoms with Crippen molar-refractivity contribution in [2.75, 3.05) is 11.1 Å². The van der Waals surface area contributed by atoms with Gasteiger partial charge in [-0.1, -0.05) is 36.3 Å². The van der Waals surface area contributed by atoms with E-state index in [4.69, 9.17) is 14.9 Å². The number of para-hydroxylation sites is 2. The minimum absolute atomic E-state index is 0.0186. The van der Waals surface area contributed by atoms with E-state index in [1.54, 1.807) is 16.7 Å². The zero-order valence-electron chi connectivity index (χ0n) is 17.7. The summed E-state index contributed by atoms with van der Waals surface area (Å²) in [5, 5.41) is 14.4. The highest BCUT2D eigenvalue weighted by atomic mass is 16.6. The number of benzene rings is 2. The van der Waals surface area contributed by atoms with Crippen molar-refractivity contribution in [1.82, 2.24) is 30.0 Å². The van der Waals surface area contributed by atoms with E-state index in [1.165, 1.54) is 0 Å². The molecular formula is C22H20N8O3. The molecule has 5 rings (SSSR count). The molecule has 0 saturated heterocycles. The number of nitrogen functional groups attached to an aromatic ring is 1. The summed E-state index contributed by atoms with van der Waals surface area (Å²) in [6.07, 6.45) is 1.63. The third-order valence-electron chi connectivity index (χ3n) is 5.02. The molecule has 3 heterocycles. The molecule has 0 spiro atoms. The Morgan fingerprint density at radius 1 is 1.09 bits per heavy atom. The van der Waals surface area contributed by atoms with E-state index in [1.807, 2.05) is 43.3 Å². The SMILES string of the molecule is CCCc1nc(-c2cccc(NC(=O)Cn3c(-c4nonc4N)nc4ccccc43)c2)no1. The molecule has 0 radical (unpaired) electrons. The number of hydrogen-bond acceptors (Lipinski definition) is 9. The van der Waals surface area contributed by atoms with Crippen molar-refractivity contribution in [3.05, 3.63) is 54.4 Å². The van der Waals surface area contributed by atoms with Crippen LogP contribution in [0.5, 0.6) is 0 Å². The lowest BCUT2D eigenvalue weighted by atomic mass is 10.2. The minimum atomic E-state index is -0.258. The molecule has 0 saturated carbocycles. The molecule has 3 N–H and O–H groups in total. The lowest BCUT2D eigenvalue weighted by Gasteiger charge is -2.09. The number of carbonyl (C=O) groups excluding carboxylic acids is 1. The quantitative estimate of drug-likeness (QED) is 0.385. The summed E-state index contributed by atoms with van der Waals surface area (Å²) < 4.78 is 11.7. The van der Waals surface area contributed by atoms with Gasteiger partial charge in [0.25, 0.3) is 0 Å². The van der Waals surface area contributed by atoms with E-state index < -0.39 is 0 Å². The largest absolute Gasteiger partial charge is 0.379 e. The van der Waals surface area contributed by atoms with Crippen molar-refractivity contribution >= 4 is 28.4 Å². The van der Waals surface area contributed by atoms with Gasteiger partial charge in [-0.2, -0.15) is 4.98 Å². The predicted molar refractivity (Wildman–Crippen MR) is 120 cm³/mol. The summed E-state index contributed by atoms with van der Waals surface area (Å²) >= 11 is 0. The number of nitrogens with two attached hydrogens (primary N) is 1. The molecule has 11 nitrogen and oxygen atoms in total. The summed E-state index contributed by atoms with van der Waals surface area (Å²) in [5.41, 5.74) is 8.95. The third kappa shape index (κ3) is 4.03. The van der Waals surface area contributed by atoms with E-state index in [-0.39, 0.29) is 24.0 Å². The first kappa shape index (κ1) is 20.4. The van der Waals surface area contributed by atoms with Gasteiger partial charge >= 0.3 is 0 Å². The number of anilines is 2. The number of nitrogens with one attached hydrogen (secondary N) is 1. The van der Waals surface area contributed by atoms with Crippen LogP contribution in [0.2, 0.25) is 0 Å². The first-order valence-electron chi connectivity index (χ1n) is 10.4. The van der Waals surface area contributed by atoms with Gasteiger partial charge in [0.1, 0.15) is 6.54 Å². The third-order valence-corrected chi connectivity index (χ3v) is 5.02. The van der Waals surface area contributed by atoms with Crippen molar-refractivity contribution in [3.63, 3.8) is 0 Å². The van der Waals surface area contributed by atoms with Crippen LogP contribution in [0.4, 0.5) is 11.5 Å². The highest BCUT2D eigenvalue weighted by Gasteiger charge is 2.20. The lowest BCUT2D eigenvalue weighted by molar-refractivity contribution is -0.116. The number of aryl methyl sites for hydroxylation is 1. The van der Waals surface area contributed by atoms with Crippen LogP contribution in [-0.2, 0) is 17.8 Å². The Morgan fingerprint density at radius 3 is 2.79 bits per heavy atom. The maximum Gasteiger partial charge on any atom is 0.244 e. The number of imidazole rings is 1. The summed E-state index contributed by atoms with van der Waals surface area (Å²) in [4.78, 5) is 21.9. The normalized spacial score (nSPS) is 11.2. The van der Waals surface area contributed by atoms with Crippen molar-refractivity contribution in [2.45, 2.75) is 26.3 Å². The molecule has 5 aromatic rings. The minimum Gasteiger partial charge on any atom is -0.379 e. The molecule has 0 bridgehead atoms. The van der Waals surface area contributed by atoms with Gasteiger partial charge in [-0.3, -0.25) is 4.79 Å². The Morgan fingerprint density at radius 2 is 1.97 bits per heavy atom. The van der Waals surface area contributed by atoms with Gasteiger partial charge in [0, 0.05) is 17.7 Å². The molecule has 0 atom stereocenters. The van der Waals surface area contributed by atoms with E-state index in [0.717, 1.165) is 23.9 Å². The maximum absolute atomic E-state index is 13.0. The fraction of sp³-hybridized carbons (Fsp3) is 0.182. The second kappa shape index (κ2) is 8.54. The second-order valence-electron chi connectivity index (χ2n) is 7.40.